The van der Waals surface area contributed by atoms with Gasteiger partial charge < -0.3 is 15.2 Å². The third-order valence-corrected chi connectivity index (χ3v) is 4.69. The van der Waals surface area contributed by atoms with E-state index in [9.17, 15) is 9.18 Å². The predicted molar refractivity (Wildman–Crippen MR) is 117 cm³/mol. The zero-order valence-corrected chi connectivity index (χ0v) is 16.6. The Balaban J connectivity index is 1.61. The van der Waals surface area contributed by atoms with E-state index < -0.39 is 0 Å². The van der Waals surface area contributed by atoms with E-state index in [1.807, 2.05) is 47.0 Å². The Bertz CT molecular complexity index is 1140. The van der Waals surface area contributed by atoms with Crippen LogP contribution < -0.4 is 10.6 Å². The number of carbonyl (C=O) groups is 1. The van der Waals surface area contributed by atoms with Gasteiger partial charge in [-0.3, -0.25) is 4.79 Å². The summed E-state index contributed by atoms with van der Waals surface area (Å²) in [6, 6.07) is 22.5. The highest BCUT2D eigenvalue weighted by Crippen LogP contribution is 2.19. The van der Waals surface area contributed by atoms with Crippen LogP contribution in [-0.4, -0.2) is 15.5 Å². The fourth-order valence-corrected chi connectivity index (χ4v) is 3.07. The van der Waals surface area contributed by atoms with E-state index >= 15 is 0 Å². The van der Waals surface area contributed by atoms with Gasteiger partial charge in [0.05, 0.1) is 6.54 Å². The van der Waals surface area contributed by atoms with Crippen LogP contribution in [0.3, 0.4) is 0 Å². The lowest BCUT2D eigenvalue weighted by molar-refractivity contribution is 0.102. The van der Waals surface area contributed by atoms with Crippen LogP contribution in [0.5, 0.6) is 0 Å². The first kappa shape index (κ1) is 19.7. The van der Waals surface area contributed by atoms with Gasteiger partial charge in [0.2, 0.25) is 0 Å². The van der Waals surface area contributed by atoms with Crippen molar-refractivity contribution in [2.45, 2.75) is 6.54 Å². The van der Waals surface area contributed by atoms with Crippen molar-refractivity contribution in [2.75, 3.05) is 10.6 Å². The zero-order chi connectivity index (χ0) is 20.9. The Morgan fingerprint density at radius 2 is 1.63 bits per heavy atom. The number of hydrogen-bond donors (Lipinski definition) is 2. The Hall–Kier alpha value is -3.64. The average molecular weight is 421 g/mol. The summed E-state index contributed by atoms with van der Waals surface area (Å²) in [4.78, 5) is 17.2. The number of aromatic nitrogens is 2. The smallest absolute Gasteiger partial charge is 0.275 e. The summed E-state index contributed by atoms with van der Waals surface area (Å²) in [6.07, 6.45) is 1.68. The molecule has 0 fully saturated rings. The second kappa shape index (κ2) is 8.80. The van der Waals surface area contributed by atoms with Crippen molar-refractivity contribution >= 4 is 28.9 Å². The molecule has 0 aliphatic carbocycles. The molecule has 5 nitrogen and oxygen atoms in total. The first-order valence-corrected chi connectivity index (χ1v) is 9.66. The molecule has 0 spiro atoms. The van der Waals surface area contributed by atoms with Crippen molar-refractivity contribution in [1.82, 2.24) is 9.55 Å². The standard InChI is InChI=1S/C23H18ClFN4O/c24-16-6-12-20(13-7-16)29-15-21(23(30)27-19-4-2-1-3-5-19)28-22(29)14-26-18-10-8-17(25)9-11-18/h1-13,15,26H,14H2,(H,27,30). The molecule has 3 aromatic carbocycles. The lowest BCUT2D eigenvalue weighted by Gasteiger charge is -2.10. The summed E-state index contributed by atoms with van der Waals surface area (Å²) in [5, 5.41) is 6.66. The molecule has 0 unspecified atom stereocenters. The SMILES string of the molecule is O=C(Nc1ccccc1)c1cn(-c2ccc(Cl)cc2)c(CNc2ccc(F)cc2)n1. The summed E-state index contributed by atoms with van der Waals surface area (Å²) in [5.41, 5.74) is 2.54. The van der Waals surface area contributed by atoms with E-state index in [1.165, 1.54) is 12.1 Å². The first-order chi connectivity index (χ1) is 14.6. The van der Waals surface area contributed by atoms with Gasteiger partial charge in [0.25, 0.3) is 5.91 Å². The normalized spacial score (nSPS) is 10.6. The van der Waals surface area contributed by atoms with Crippen molar-refractivity contribution < 1.29 is 9.18 Å². The van der Waals surface area contributed by atoms with Gasteiger partial charge in [0.1, 0.15) is 17.3 Å². The molecule has 30 heavy (non-hydrogen) atoms. The molecule has 0 saturated carbocycles. The number of halogens is 2. The lowest BCUT2D eigenvalue weighted by Crippen LogP contribution is -2.12. The van der Waals surface area contributed by atoms with Gasteiger partial charge in [0.15, 0.2) is 0 Å². The van der Waals surface area contributed by atoms with Gasteiger partial charge in [-0.25, -0.2) is 9.37 Å². The number of anilines is 2. The number of para-hydroxylation sites is 1. The summed E-state index contributed by atoms with van der Waals surface area (Å²) in [6.45, 7) is 0.340. The summed E-state index contributed by atoms with van der Waals surface area (Å²) < 4.78 is 15.0. The minimum absolute atomic E-state index is 0.282. The maximum absolute atomic E-state index is 13.1. The molecule has 1 amide bonds. The molecule has 0 atom stereocenters. The van der Waals surface area contributed by atoms with Crippen LogP contribution >= 0.6 is 11.6 Å². The van der Waals surface area contributed by atoms with Crippen LogP contribution in [0.1, 0.15) is 16.3 Å². The van der Waals surface area contributed by atoms with Crippen LogP contribution in [-0.2, 0) is 6.54 Å². The second-order valence-electron chi connectivity index (χ2n) is 6.57. The largest absolute Gasteiger partial charge is 0.378 e. The summed E-state index contributed by atoms with van der Waals surface area (Å²) >= 11 is 6.01. The topological polar surface area (TPSA) is 59.0 Å². The van der Waals surface area contributed by atoms with E-state index in [-0.39, 0.29) is 17.4 Å². The van der Waals surface area contributed by atoms with Gasteiger partial charge in [0, 0.05) is 28.3 Å². The lowest BCUT2D eigenvalue weighted by atomic mass is 10.3. The molecule has 0 bridgehead atoms. The summed E-state index contributed by atoms with van der Waals surface area (Å²) in [5.74, 6) is 0.0138. The van der Waals surface area contributed by atoms with Crippen molar-refractivity contribution in [1.29, 1.82) is 0 Å². The molecule has 1 heterocycles. The van der Waals surface area contributed by atoms with Crippen LogP contribution in [0.2, 0.25) is 5.02 Å². The number of nitrogens with one attached hydrogen (secondary N) is 2. The fraction of sp³-hybridized carbons (Fsp3) is 0.0435. The number of nitrogens with zero attached hydrogens (tertiary/aromatic N) is 2. The predicted octanol–water partition coefficient (Wildman–Crippen LogP) is 5.53. The maximum atomic E-state index is 13.1. The molecule has 1 aromatic heterocycles. The molecule has 2 N–H and O–H groups in total. The molecule has 0 saturated heterocycles. The molecular weight excluding hydrogens is 403 g/mol. The number of imidazole rings is 1. The van der Waals surface area contributed by atoms with Gasteiger partial charge in [-0.05, 0) is 60.7 Å². The van der Waals surface area contributed by atoms with Gasteiger partial charge in [-0.15, -0.1) is 0 Å². The highest BCUT2D eigenvalue weighted by molar-refractivity contribution is 6.30. The molecule has 7 heteroatoms. The van der Waals surface area contributed by atoms with E-state index in [0.29, 0.717) is 23.1 Å². The zero-order valence-electron chi connectivity index (χ0n) is 15.8. The minimum atomic E-state index is -0.308. The Morgan fingerprint density at radius 3 is 2.33 bits per heavy atom. The van der Waals surface area contributed by atoms with E-state index in [2.05, 4.69) is 15.6 Å². The van der Waals surface area contributed by atoms with Crippen LogP contribution in [0.4, 0.5) is 15.8 Å². The average Bonchev–Trinajstić information content (AvgIpc) is 3.19. The van der Waals surface area contributed by atoms with E-state index in [4.69, 9.17) is 11.6 Å². The molecule has 4 aromatic rings. The highest BCUT2D eigenvalue weighted by atomic mass is 35.5. The molecular formula is C23H18ClFN4O. The third-order valence-electron chi connectivity index (χ3n) is 4.44. The molecule has 0 aliphatic heterocycles. The van der Waals surface area contributed by atoms with Crippen molar-refractivity contribution in [3.63, 3.8) is 0 Å². The monoisotopic (exact) mass is 420 g/mol. The number of hydrogen-bond acceptors (Lipinski definition) is 3. The second-order valence-corrected chi connectivity index (χ2v) is 7.01. The number of amides is 1. The third kappa shape index (κ3) is 4.67. The van der Waals surface area contributed by atoms with E-state index in [0.717, 1.165) is 11.4 Å². The van der Waals surface area contributed by atoms with E-state index in [1.54, 1.807) is 30.5 Å². The van der Waals surface area contributed by atoms with Crippen LogP contribution in [0.15, 0.2) is 85.1 Å². The van der Waals surface area contributed by atoms with Crippen LogP contribution in [0.25, 0.3) is 5.69 Å². The maximum Gasteiger partial charge on any atom is 0.275 e. The summed E-state index contributed by atoms with van der Waals surface area (Å²) in [7, 11) is 0. The first-order valence-electron chi connectivity index (χ1n) is 9.28. The molecule has 0 radical (unpaired) electrons. The van der Waals surface area contributed by atoms with Crippen molar-refractivity contribution in [3.8, 4) is 5.69 Å². The van der Waals surface area contributed by atoms with Crippen molar-refractivity contribution in [3.05, 3.63) is 107 Å². The molecule has 150 valence electrons. The van der Waals surface area contributed by atoms with Gasteiger partial charge >= 0.3 is 0 Å². The van der Waals surface area contributed by atoms with Crippen molar-refractivity contribution in [2.24, 2.45) is 0 Å². The highest BCUT2D eigenvalue weighted by Gasteiger charge is 2.16. The Morgan fingerprint density at radius 1 is 0.933 bits per heavy atom. The number of benzene rings is 3. The minimum Gasteiger partial charge on any atom is -0.378 e. The number of rotatable bonds is 6. The Labute approximate surface area is 178 Å². The Kier molecular flexibility index (Phi) is 5.77. The molecule has 0 aliphatic rings. The fourth-order valence-electron chi connectivity index (χ4n) is 2.94. The van der Waals surface area contributed by atoms with Crippen LogP contribution in [0, 0.1) is 5.82 Å². The van der Waals surface area contributed by atoms with Gasteiger partial charge in [-0.1, -0.05) is 29.8 Å². The molecule has 4 rings (SSSR count). The number of carbonyl (C=O) groups excluding carboxylic acids is 1. The quantitative estimate of drug-likeness (QED) is 0.431. The van der Waals surface area contributed by atoms with Gasteiger partial charge in [-0.2, -0.15) is 0 Å².